The van der Waals surface area contributed by atoms with Crippen LogP contribution in [-0.2, 0) is 50.7 Å². The van der Waals surface area contributed by atoms with E-state index in [0.717, 1.165) is 54.7 Å². The summed E-state index contributed by atoms with van der Waals surface area (Å²) in [5.41, 5.74) is 3.74. The molecule has 1 aliphatic heterocycles. The number of aliphatic hydroxyl groups excluding tert-OH is 5. The number of halogens is 1. The molecule has 0 spiro atoms. The monoisotopic (exact) mass is 1220 g/mol. The Morgan fingerprint density at radius 2 is 1.65 bits per heavy atom. The van der Waals surface area contributed by atoms with E-state index in [4.69, 9.17) is 19.5 Å². The average Bonchev–Trinajstić information content (AvgIpc) is 3.66. The molecule has 13 N–H and O–H groups in total. The number of phosphoric acid groups is 3. The highest BCUT2D eigenvalue weighted by Crippen LogP contribution is 2.69. The summed E-state index contributed by atoms with van der Waals surface area (Å²) in [6.45, 7) is 8.26. The number of nitrogens with two attached hydrogens (primary N) is 1. The van der Waals surface area contributed by atoms with Crippen molar-refractivity contribution in [1.29, 1.82) is 0 Å². The van der Waals surface area contributed by atoms with Gasteiger partial charge in [0.05, 0.1) is 43.8 Å². The number of fused-ring (bicyclic) bond motifs is 6. The van der Waals surface area contributed by atoms with Gasteiger partial charge in [0.1, 0.15) is 42.4 Å². The molecule has 2 unspecified atom stereocenters. The molecule has 5 fully saturated rings. The van der Waals surface area contributed by atoms with E-state index in [1.165, 1.54) is 13.8 Å². The molecule has 3 heterocycles. The highest BCUT2D eigenvalue weighted by molar-refractivity contribution is 8.13. The maximum atomic E-state index is 15.7. The van der Waals surface area contributed by atoms with Gasteiger partial charge in [0, 0.05) is 30.7 Å². The fourth-order valence-electron chi connectivity index (χ4n) is 13.6. The highest BCUT2D eigenvalue weighted by Gasteiger charge is 2.66. The van der Waals surface area contributed by atoms with Gasteiger partial charge >= 0.3 is 23.5 Å². The fourth-order valence-corrected chi connectivity index (χ4v) is 17.2. The van der Waals surface area contributed by atoms with Crippen molar-refractivity contribution in [2.45, 2.75) is 161 Å². The molecule has 20 atom stereocenters. The van der Waals surface area contributed by atoms with E-state index in [0.29, 0.717) is 25.7 Å². The number of anilines is 1. The summed E-state index contributed by atoms with van der Waals surface area (Å²) in [7, 11) is -16.5. The van der Waals surface area contributed by atoms with Gasteiger partial charge in [-0.3, -0.25) is 32.5 Å². The van der Waals surface area contributed by atoms with Gasteiger partial charge in [-0.1, -0.05) is 53.3 Å². The van der Waals surface area contributed by atoms with Crippen LogP contribution in [0.1, 0.15) is 112 Å². The minimum atomic E-state index is -5.62. The van der Waals surface area contributed by atoms with E-state index in [2.05, 4.69) is 55.2 Å². The van der Waals surface area contributed by atoms with Crippen LogP contribution in [0.3, 0.4) is 0 Å². The molecule has 4 saturated carbocycles. The van der Waals surface area contributed by atoms with E-state index in [1.807, 2.05) is 0 Å². The number of aliphatic hydroxyl groups is 5. The van der Waals surface area contributed by atoms with Crippen molar-refractivity contribution in [2.24, 2.45) is 57.7 Å². The van der Waals surface area contributed by atoms with Crippen LogP contribution in [0, 0.1) is 57.7 Å². The Hall–Kier alpha value is -2.63. The number of thioether (sulfide) groups is 1. The SMILES string of the molecule is C[C@H](CC[C@H](F)[C@H](C)C(=O)SCCNC(=O)CCNC(=O)[C@H](O)C(C)(C)COP(=O)(O)OP(=O)(O)OC[C@H]1O[C@@H](n2cnc3c(N)ncnc32)[C@H](O)[C@@H]1OP(=O)(O)O)[C@H]1CC[C@H]2[C@@H]3[C@H](O)C[C@@H]4C[C@H](O)CC[C@]4(C)[C@H]3C[C@H](O)[C@]12C. The summed E-state index contributed by atoms with van der Waals surface area (Å²) in [6.07, 6.45) is -3.92. The lowest BCUT2D eigenvalue weighted by molar-refractivity contribution is -0.207. The number of phosphoric ester groups is 3. The Morgan fingerprint density at radius 1 is 0.950 bits per heavy atom. The summed E-state index contributed by atoms with van der Waals surface area (Å²) in [4.78, 5) is 89.8. The molecule has 80 heavy (non-hydrogen) atoms. The molecule has 0 aromatic carbocycles. The van der Waals surface area contributed by atoms with Crippen LogP contribution in [-0.4, -0.2) is 163 Å². The molecule has 2 aromatic heterocycles. The summed E-state index contributed by atoms with van der Waals surface area (Å²) in [6, 6.07) is 0. The van der Waals surface area contributed by atoms with E-state index >= 15 is 4.39 Å². The topological polar surface area (TPSA) is 424 Å². The van der Waals surface area contributed by atoms with Crippen molar-refractivity contribution >= 4 is 69.1 Å². The number of hydrogen-bond acceptors (Lipinski definition) is 21. The zero-order chi connectivity index (χ0) is 59.1. The summed E-state index contributed by atoms with van der Waals surface area (Å²) in [5.74, 6) is -1.55. The molecule has 1 saturated heterocycles. The van der Waals surface area contributed by atoms with E-state index in [1.54, 1.807) is 6.92 Å². The van der Waals surface area contributed by atoms with Crippen LogP contribution >= 0.6 is 35.2 Å². The molecule has 0 radical (unpaired) electrons. The minimum absolute atomic E-state index is 0.0170. The largest absolute Gasteiger partial charge is 0.481 e. The molecule has 2 amide bonds. The third-order valence-corrected chi connectivity index (χ3v) is 22.2. The summed E-state index contributed by atoms with van der Waals surface area (Å²) in [5, 5.41) is 60.2. The number of aromatic nitrogens is 4. The minimum Gasteiger partial charge on any atom is -0.393 e. The smallest absolute Gasteiger partial charge is 0.393 e. The first-order chi connectivity index (χ1) is 37.2. The second-order valence-electron chi connectivity index (χ2n) is 23.6. The lowest BCUT2D eigenvalue weighted by atomic mass is 9.43. The number of ether oxygens (including phenoxy) is 1. The first-order valence-corrected chi connectivity index (χ1v) is 32.4. The Kier molecular flexibility index (Phi) is 20.7. The molecule has 27 nitrogen and oxygen atoms in total. The number of carbonyl (C=O) groups is 3. The van der Waals surface area contributed by atoms with Gasteiger partial charge in [-0.15, -0.1) is 0 Å². The second-order valence-corrected chi connectivity index (χ2v) is 29.0. The number of alkyl halides is 1. The Morgan fingerprint density at radius 3 is 2.35 bits per heavy atom. The molecule has 2 aromatic rings. The van der Waals surface area contributed by atoms with Crippen molar-refractivity contribution < 1.29 is 100 Å². The van der Waals surface area contributed by atoms with Crippen LogP contribution in [0.4, 0.5) is 10.2 Å². The number of carbonyl (C=O) groups excluding carboxylic acids is 3. The predicted molar refractivity (Wildman–Crippen MR) is 284 cm³/mol. The van der Waals surface area contributed by atoms with Gasteiger partial charge in [0.2, 0.25) is 11.8 Å². The Bertz CT molecular complexity index is 2680. The highest BCUT2D eigenvalue weighted by atomic mass is 32.2. The van der Waals surface area contributed by atoms with Crippen molar-refractivity contribution in [3.05, 3.63) is 12.7 Å². The molecule has 4 aliphatic carbocycles. The fraction of sp³-hybridized carbons (Fsp3) is 0.833. The molecular formula is C48H79FN7O20P3S. The Balaban J connectivity index is 0.780. The van der Waals surface area contributed by atoms with Crippen LogP contribution in [0.15, 0.2) is 12.7 Å². The maximum absolute atomic E-state index is 15.7. The van der Waals surface area contributed by atoms with Gasteiger partial charge in [-0.05, 0) is 104 Å². The first kappa shape index (κ1) is 64.9. The van der Waals surface area contributed by atoms with Crippen LogP contribution in [0.25, 0.3) is 11.2 Å². The zero-order valence-corrected chi connectivity index (χ0v) is 49.0. The van der Waals surface area contributed by atoms with E-state index < -0.39 is 114 Å². The second kappa shape index (κ2) is 25.5. The molecule has 454 valence electrons. The number of rotatable bonds is 25. The molecule has 32 heteroatoms. The van der Waals surface area contributed by atoms with Crippen LogP contribution in [0.5, 0.6) is 0 Å². The lowest BCUT2D eigenvalue weighted by Crippen LogP contribution is -2.62. The third kappa shape index (κ3) is 14.5. The zero-order valence-electron chi connectivity index (χ0n) is 45.5. The summed E-state index contributed by atoms with van der Waals surface area (Å²) >= 11 is 0.888. The first-order valence-electron chi connectivity index (χ1n) is 26.9. The quantitative estimate of drug-likeness (QED) is 0.0502. The van der Waals surface area contributed by atoms with Crippen molar-refractivity contribution in [1.82, 2.24) is 30.2 Å². The summed E-state index contributed by atoms with van der Waals surface area (Å²) < 4.78 is 78.4. The van der Waals surface area contributed by atoms with Crippen molar-refractivity contribution in [3.8, 4) is 0 Å². The molecule has 5 aliphatic rings. The number of amides is 2. The number of nitrogens with one attached hydrogen (secondary N) is 2. The van der Waals surface area contributed by atoms with Crippen molar-refractivity contribution in [3.63, 3.8) is 0 Å². The number of nitrogens with zero attached hydrogens (tertiary/aromatic N) is 4. The van der Waals surface area contributed by atoms with E-state index in [9.17, 15) is 73.2 Å². The normalized spacial score (nSPS) is 34.7. The lowest BCUT2D eigenvalue weighted by Gasteiger charge is -2.63. The number of imidazole rings is 1. The van der Waals surface area contributed by atoms with Gasteiger partial charge in [-0.25, -0.2) is 33.0 Å². The van der Waals surface area contributed by atoms with Crippen LogP contribution < -0.4 is 16.4 Å². The number of nitrogen functional groups attached to an aromatic ring is 1. The van der Waals surface area contributed by atoms with Gasteiger partial charge in [0.15, 0.2) is 22.8 Å². The van der Waals surface area contributed by atoms with Gasteiger partial charge in [0.25, 0.3) is 0 Å². The third-order valence-electron chi connectivity index (χ3n) is 18.1. The van der Waals surface area contributed by atoms with Gasteiger partial charge < -0.3 is 66.2 Å². The molecular weight excluding hydrogens is 1140 g/mol. The number of hydrogen-bond donors (Lipinski definition) is 12. The van der Waals surface area contributed by atoms with Gasteiger partial charge in [-0.2, -0.15) is 4.31 Å². The van der Waals surface area contributed by atoms with Crippen LogP contribution in [0.2, 0.25) is 0 Å². The average molecular weight is 1220 g/mol. The standard InChI is InChI=1S/C48H79FN7O20P3S/c1-24(28-8-9-29-36-30(19-34(59)48(28,29)6)47(5)13-11-27(57)17-26(47)18-32(36)58)7-10-31(49)25(2)45(64)80-16-15-51-35(60)12-14-52-43(63)40(62)46(3,4)21-73-79(70,71)76-78(68,69)72-20-33-39(75-77(65,66)67)38(61)44(74-33)56-23-55-37-41(50)53-22-54-42(37)56/h22-34,36,38-40,44,57-59,61-62H,7-21H2,1-6H3,(H,51,60)(H,52,63)(H,68,69)(H,70,71)(H2,50,53,54)(H2,65,66,67)/t24-,25+,26+,27-,28-,29+,30+,31+,32-,33-,34+,36+,38-,39-,40+,44-,47+,48-/m1/s1. The Labute approximate surface area is 466 Å². The van der Waals surface area contributed by atoms with E-state index in [-0.39, 0.29) is 101 Å². The molecule has 7 rings (SSSR count). The predicted octanol–water partition coefficient (Wildman–Crippen LogP) is 3.02. The molecule has 0 bridgehead atoms. The van der Waals surface area contributed by atoms with Crippen molar-refractivity contribution in [2.75, 3.05) is 37.8 Å². The maximum Gasteiger partial charge on any atom is 0.481 e.